The van der Waals surface area contributed by atoms with Crippen molar-refractivity contribution in [1.82, 2.24) is 0 Å². The Hall–Kier alpha value is -1.06. The fourth-order valence-electron chi connectivity index (χ4n) is 2.01. The summed E-state index contributed by atoms with van der Waals surface area (Å²) in [5.74, 6) is 1.00. The highest BCUT2D eigenvalue weighted by atomic mass is 16.5. The Labute approximate surface area is 96.5 Å². The standard InChI is InChI=1S/C13H19NO2/c1-10-3-2-4-11(5-7-14)13(10)16-12-6-8-15-9-12/h2-4,12H,5-9,14H2,1H3. The Kier molecular flexibility index (Phi) is 3.80. The number of hydrogen-bond acceptors (Lipinski definition) is 3. The van der Waals surface area contributed by atoms with Crippen LogP contribution in [0.3, 0.4) is 0 Å². The van der Waals surface area contributed by atoms with Crippen LogP contribution in [-0.2, 0) is 11.2 Å². The average molecular weight is 221 g/mol. The summed E-state index contributed by atoms with van der Waals surface area (Å²) in [6.07, 6.45) is 2.05. The largest absolute Gasteiger partial charge is 0.487 e. The number of nitrogens with two attached hydrogens (primary N) is 1. The summed E-state index contributed by atoms with van der Waals surface area (Å²) >= 11 is 0. The third-order valence-corrected chi connectivity index (χ3v) is 2.88. The van der Waals surface area contributed by atoms with Gasteiger partial charge in [0.05, 0.1) is 13.2 Å². The van der Waals surface area contributed by atoms with E-state index in [1.165, 1.54) is 11.1 Å². The second-order valence-electron chi connectivity index (χ2n) is 4.21. The van der Waals surface area contributed by atoms with E-state index < -0.39 is 0 Å². The van der Waals surface area contributed by atoms with Gasteiger partial charge in [-0.3, -0.25) is 0 Å². The zero-order chi connectivity index (χ0) is 11.4. The minimum atomic E-state index is 0.206. The van der Waals surface area contributed by atoms with Gasteiger partial charge in [-0.25, -0.2) is 0 Å². The van der Waals surface area contributed by atoms with Crippen molar-refractivity contribution in [3.05, 3.63) is 29.3 Å². The van der Waals surface area contributed by atoms with E-state index in [4.69, 9.17) is 15.2 Å². The average Bonchev–Trinajstić information content (AvgIpc) is 2.76. The lowest BCUT2D eigenvalue weighted by molar-refractivity contribution is 0.140. The zero-order valence-corrected chi connectivity index (χ0v) is 9.74. The molecule has 0 spiro atoms. The Morgan fingerprint density at radius 1 is 1.50 bits per heavy atom. The maximum atomic E-state index is 6.01. The van der Waals surface area contributed by atoms with Gasteiger partial charge in [-0.1, -0.05) is 18.2 Å². The van der Waals surface area contributed by atoms with E-state index in [2.05, 4.69) is 25.1 Å². The van der Waals surface area contributed by atoms with Crippen LogP contribution in [0.5, 0.6) is 5.75 Å². The third-order valence-electron chi connectivity index (χ3n) is 2.88. The molecule has 0 saturated carbocycles. The maximum absolute atomic E-state index is 6.01. The molecule has 1 unspecified atom stereocenters. The van der Waals surface area contributed by atoms with E-state index in [0.29, 0.717) is 13.2 Å². The number of para-hydroxylation sites is 1. The van der Waals surface area contributed by atoms with Gasteiger partial charge in [0.25, 0.3) is 0 Å². The molecule has 1 saturated heterocycles. The molecule has 0 amide bonds. The summed E-state index contributed by atoms with van der Waals surface area (Å²) in [5, 5.41) is 0. The molecule has 1 aliphatic heterocycles. The molecule has 88 valence electrons. The van der Waals surface area contributed by atoms with Gasteiger partial charge in [-0.15, -0.1) is 0 Å². The van der Waals surface area contributed by atoms with E-state index in [0.717, 1.165) is 25.2 Å². The van der Waals surface area contributed by atoms with Crippen LogP contribution < -0.4 is 10.5 Å². The van der Waals surface area contributed by atoms with Crippen LogP contribution in [0.1, 0.15) is 17.5 Å². The number of aryl methyl sites for hydroxylation is 1. The molecule has 16 heavy (non-hydrogen) atoms. The van der Waals surface area contributed by atoms with E-state index in [9.17, 15) is 0 Å². The number of rotatable bonds is 4. The first-order chi connectivity index (χ1) is 7.81. The molecule has 1 aromatic carbocycles. The molecule has 1 aromatic rings. The summed E-state index contributed by atoms with van der Waals surface area (Å²) in [5.41, 5.74) is 7.99. The van der Waals surface area contributed by atoms with E-state index >= 15 is 0 Å². The molecule has 2 rings (SSSR count). The summed E-state index contributed by atoms with van der Waals surface area (Å²) in [6.45, 7) is 4.24. The minimum absolute atomic E-state index is 0.206. The lowest BCUT2D eigenvalue weighted by Gasteiger charge is -2.17. The molecule has 0 radical (unpaired) electrons. The molecule has 0 aromatic heterocycles. The summed E-state index contributed by atoms with van der Waals surface area (Å²) < 4.78 is 11.3. The predicted octanol–water partition coefficient (Wildman–Crippen LogP) is 1.66. The first-order valence-electron chi connectivity index (χ1n) is 5.84. The fourth-order valence-corrected chi connectivity index (χ4v) is 2.01. The van der Waals surface area contributed by atoms with Crippen molar-refractivity contribution in [3.63, 3.8) is 0 Å². The highest BCUT2D eigenvalue weighted by Crippen LogP contribution is 2.26. The van der Waals surface area contributed by atoms with Gasteiger partial charge in [-0.05, 0) is 31.0 Å². The van der Waals surface area contributed by atoms with Crippen molar-refractivity contribution in [1.29, 1.82) is 0 Å². The Bertz CT molecular complexity index is 346. The molecule has 1 aliphatic rings. The topological polar surface area (TPSA) is 44.5 Å². The van der Waals surface area contributed by atoms with Gasteiger partial charge in [0.15, 0.2) is 0 Å². The van der Waals surface area contributed by atoms with Gasteiger partial charge in [-0.2, -0.15) is 0 Å². The monoisotopic (exact) mass is 221 g/mol. The lowest BCUT2D eigenvalue weighted by Crippen LogP contribution is -2.18. The van der Waals surface area contributed by atoms with Crippen molar-refractivity contribution in [3.8, 4) is 5.75 Å². The van der Waals surface area contributed by atoms with Crippen LogP contribution in [0.4, 0.5) is 0 Å². The van der Waals surface area contributed by atoms with Crippen LogP contribution >= 0.6 is 0 Å². The molecule has 1 atom stereocenters. The molecule has 0 bridgehead atoms. The van der Waals surface area contributed by atoms with E-state index in [1.807, 2.05) is 0 Å². The quantitative estimate of drug-likeness (QED) is 0.841. The molecular formula is C13H19NO2. The molecule has 1 heterocycles. The minimum Gasteiger partial charge on any atom is -0.487 e. The van der Waals surface area contributed by atoms with Gasteiger partial charge < -0.3 is 15.2 Å². The summed E-state index contributed by atoms with van der Waals surface area (Å²) in [4.78, 5) is 0. The lowest BCUT2D eigenvalue weighted by atomic mass is 10.1. The van der Waals surface area contributed by atoms with Crippen molar-refractivity contribution >= 4 is 0 Å². The molecule has 2 N–H and O–H groups in total. The highest BCUT2D eigenvalue weighted by molar-refractivity contribution is 5.41. The first kappa shape index (κ1) is 11.4. The third kappa shape index (κ3) is 2.54. The summed E-state index contributed by atoms with van der Waals surface area (Å²) in [6, 6.07) is 6.22. The van der Waals surface area contributed by atoms with Crippen molar-refractivity contribution < 1.29 is 9.47 Å². The van der Waals surface area contributed by atoms with Gasteiger partial charge >= 0.3 is 0 Å². The number of ether oxygens (including phenoxy) is 2. The van der Waals surface area contributed by atoms with Crippen LogP contribution in [0, 0.1) is 6.92 Å². The second kappa shape index (κ2) is 5.32. The second-order valence-corrected chi connectivity index (χ2v) is 4.21. The van der Waals surface area contributed by atoms with Crippen LogP contribution in [-0.4, -0.2) is 25.9 Å². The van der Waals surface area contributed by atoms with E-state index in [1.54, 1.807) is 0 Å². The van der Waals surface area contributed by atoms with Crippen molar-refractivity contribution in [2.75, 3.05) is 19.8 Å². The van der Waals surface area contributed by atoms with Crippen LogP contribution in [0.25, 0.3) is 0 Å². The van der Waals surface area contributed by atoms with Crippen molar-refractivity contribution in [2.45, 2.75) is 25.9 Å². The maximum Gasteiger partial charge on any atom is 0.125 e. The smallest absolute Gasteiger partial charge is 0.125 e. The van der Waals surface area contributed by atoms with Gasteiger partial charge in [0.1, 0.15) is 11.9 Å². The van der Waals surface area contributed by atoms with E-state index in [-0.39, 0.29) is 6.10 Å². The van der Waals surface area contributed by atoms with Crippen LogP contribution in [0.15, 0.2) is 18.2 Å². The Morgan fingerprint density at radius 2 is 2.38 bits per heavy atom. The molecule has 3 heteroatoms. The van der Waals surface area contributed by atoms with Gasteiger partial charge in [0.2, 0.25) is 0 Å². The Morgan fingerprint density at radius 3 is 3.06 bits per heavy atom. The number of benzene rings is 1. The van der Waals surface area contributed by atoms with Crippen LogP contribution in [0.2, 0.25) is 0 Å². The predicted molar refractivity (Wildman–Crippen MR) is 63.8 cm³/mol. The fraction of sp³-hybridized carbons (Fsp3) is 0.538. The van der Waals surface area contributed by atoms with Crippen molar-refractivity contribution in [2.24, 2.45) is 5.73 Å². The molecule has 1 fully saturated rings. The highest BCUT2D eigenvalue weighted by Gasteiger charge is 2.19. The molecular weight excluding hydrogens is 202 g/mol. The SMILES string of the molecule is Cc1cccc(CCN)c1OC1CCOC1. The molecule has 3 nitrogen and oxygen atoms in total. The number of hydrogen-bond donors (Lipinski definition) is 1. The summed E-state index contributed by atoms with van der Waals surface area (Å²) in [7, 11) is 0. The molecule has 0 aliphatic carbocycles. The normalized spacial score (nSPS) is 20.0. The Balaban J connectivity index is 2.16. The first-order valence-corrected chi connectivity index (χ1v) is 5.84. The zero-order valence-electron chi connectivity index (χ0n) is 9.74. The van der Waals surface area contributed by atoms with Gasteiger partial charge in [0, 0.05) is 6.42 Å².